The van der Waals surface area contributed by atoms with Crippen LogP contribution >= 0.6 is 0 Å². The molecule has 1 rings (SSSR count). The van der Waals surface area contributed by atoms with Gasteiger partial charge in [-0.2, -0.15) is 13.2 Å². The quantitative estimate of drug-likeness (QED) is 0.382. The van der Waals surface area contributed by atoms with Gasteiger partial charge < -0.3 is 4.43 Å². The Labute approximate surface area is 150 Å². The van der Waals surface area contributed by atoms with Crippen molar-refractivity contribution >= 4 is 14.1 Å². The minimum absolute atomic E-state index is 0.0696. The minimum Gasteiger partial charge on any atom is -0.541 e. The second-order valence-electron chi connectivity index (χ2n) is 6.92. The van der Waals surface area contributed by atoms with Crippen molar-refractivity contribution in [3.63, 3.8) is 0 Å². The molecule has 0 fully saturated rings. The molecule has 0 spiro atoms. The number of ketones is 1. The monoisotopic (exact) mass is 376 g/mol. The van der Waals surface area contributed by atoms with Crippen LogP contribution in [0.2, 0.25) is 18.1 Å². The van der Waals surface area contributed by atoms with Crippen molar-refractivity contribution in [1.82, 2.24) is 0 Å². The van der Waals surface area contributed by atoms with Gasteiger partial charge in [0.05, 0.1) is 5.92 Å². The fraction of sp³-hybridized carbons (Fsp3) is 0.737. The predicted octanol–water partition coefficient (Wildman–Crippen LogP) is 6.55. The Morgan fingerprint density at radius 1 is 1.00 bits per heavy atom. The van der Waals surface area contributed by atoms with E-state index in [1.54, 1.807) is 0 Å². The van der Waals surface area contributed by atoms with Crippen molar-refractivity contribution in [2.45, 2.75) is 83.6 Å². The Hall–Kier alpha value is -1.04. The molecule has 0 heterocycles. The van der Waals surface area contributed by atoms with Crippen LogP contribution in [-0.4, -0.2) is 20.3 Å². The first-order valence-electron chi connectivity index (χ1n) is 9.48. The van der Waals surface area contributed by atoms with Gasteiger partial charge in [-0.05, 0) is 30.3 Å². The van der Waals surface area contributed by atoms with E-state index in [2.05, 4.69) is 20.8 Å². The normalized spacial score (nSPS) is 18.4. The van der Waals surface area contributed by atoms with Crippen molar-refractivity contribution < 1.29 is 22.4 Å². The van der Waals surface area contributed by atoms with Gasteiger partial charge in [0.2, 0.25) is 5.78 Å². The lowest BCUT2D eigenvalue weighted by molar-refractivity contribution is -0.149. The van der Waals surface area contributed by atoms with Crippen molar-refractivity contribution in [3.05, 3.63) is 24.0 Å². The van der Waals surface area contributed by atoms with E-state index >= 15 is 0 Å². The number of halogens is 3. The van der Waals surface area contributed by atoms with Gasteiger partial charge in [-0.15, -0.1) is 0 Å². The summed E-state index contributed by atoms with van der Waals surface area (Å²) in [6.45, 7) is 6.31. The van der Waals surface area contributed by atoms with E-state index in [1.165, 1.54) is 0 Å². The van der Waals surface area contributed by atoms with Gasteiger partial charge in [0.15, 0.2) is 0 Å². The maximum Gasteiger partial charge on any atom is 0.398 e. The van der Waals surface area contributed by atoms with Crippen molar-refractivity contribution in [3.8, 4) is 0 Å². The van der Waals surface area contributed by atoms with Crippen molar-refractivity contribution in [2.75, 3.05) is 0 Å². The average molecular weight is 377 g/mol. The summed E-state index contributed by atoms with van der Waals surface area (Å²) in [6.07, 6.45) is 4.60. The van der Waals surface area contributed by atoms with E-state index in [0.717, 1.165) is 74.9 Å². The Kier molecular flexibility index (Phi) is 8.97. The molecule has 0 aromatic heterocycles. The highest BCUT2D eigenvalue weighted by Crippen LogP contribution is 2.36. The molecule has 0 saturated heterocycles. The van der Waals surface area contributed by atoms with Crippen LogP contribution < -0.4 is 0 Å². The molecule has 144 valence electrons. The van der Waals surface area contributed by atoms with Crippen molar-refractivity contribution in [2.24, 2.45) is 5.92 Å². The van der Waals surface area contributed by atoms with Gasteiger partial charge in [-0.25, -0.2) is 0 Å². The standard InChI is InChI=1S/C19H31F3O2Si/c1-4-7-12-25(13-8-5-2,14-9-6-3)24-18-15-16(19(20,21)22)10-11-17(18)23/h10-11,15-16H,4-9,12-14H2,1-3H3. The summed E-state index contributed by atoms with van der Waals surface area (Å²) in [6, 6.07) is 2.73. The zero-order chi connectivity index (χ0) is 18.9. The summed E-state index contributed by atoms with van der Waals surface area (Å²) in [5.74, 6) is -2.22. The molecule has 1 unspecified atom stereocenters. The first kappa shape index (κ1) is 22.0. The molecule has 1 atom stereocenters. The smallest absolute Gasteiger partial charge is 0.398 e. The van der Waals surface area contributed by atoms with E-state index in [9.17, 15) is 18.0 Å². The number of allylic oxidation sites excluding steroid dienone is 3. The first-order valence-corrected chi connectivity index (χ1v) is 12.0. The number of hydrogen-bond donors (Lipinski definition) is 0. The SMILES string of the molecule is CCCC[Si](CCCC)(CCCC)OC1=CC(C(F)(F)F)C=CC1=O. The molecule has 6 heteroatoms. The lowest BCUT2D eigenvalue weighted by Crippen LogP contribution is -2.39. The highest BCUT2D eigenvalue weighted by Gasteiger charge is 2.41. The van der Waals surface area contributed by atoms with Crippen LogP contribution in [0.5, 0.6) is 0 Å². The number of alkyl halides is 3. The third-order valence-electron chi connectivity index (χ3n) is 4.69. The zero-order valence-corrected chi connectivity index (χ0v) is 16.6. The van der Waals surface area contributed by atoms with Crippen LogP contribution in [0.4, 0.5) is 13.2 Å². The van der Waals surface area contributed by atoms with Crippen LogP contribution in [0.15, 0.2) is 24.0 Å². The Morgan fingerprint density at radius 2 is 1.48 bits per heavy atom. The largest absolute Gasteiger partial charge is 0.541 e. The predicted molar refractivity (Wildman–Crippen MR) is 97.8 cm³/mol. The molecular formula is C19H31F3O2Si. The molecule has 2 nitrogen and oxygen atoms in total. The number of unbranched alkanes of at least 4 members (excludes halogenated alkanes) is 3. The summed E-state index contributed by atoms with van der Waals surface area (Å²) in [5, 5.41) is 0. The van der Waals surface area contributed by atoms with Gasteiger partial charge in [-0.1, -0.05) is 65.4 Å². The van der Waals surface area contributed by atoms with Gasteiger partial charge >= 0.3 is 6.18 Å². The molecule has 0 saturated carbocycles. The van der Waals surface area contributed by atoms with E-state index in [1.807, 2.05) is 0 Å². The third-order valence-corrected chi connectivity index (χ3v) is 9.14. The maximum absolute atomic E-state index is 13.0. The third kappa shape index (κ3) is 7.00. The lowest BCUT2D eigenvalue weighted by Gasteiger charge is -2.34. The molecule has 0 bridgehead atoms. The molecule has 0 radical (unpaired) electrons. The van der Waals surface area contributed by atoms with E-state index < -0.39 is 26.2 Å². The first-order chi connectivity index (χ1) is 11.8. The summed E-state index contributed by atoms with van der Waals surface area (Å²) in [5.41, 5.74) is 0. The zero-order valence-electron chi connectivity index (χ0n) is 15.6. The summed E-state index contributed by atoms with van der Waals surface area (Å²) in [4.78, 5) is 12.1. The van der Waals surface area contributed by atoms with Crippen LogP contribution in [-0.2, 0) is 9.22 Å². The molecule has 0 aliphatic heterocycles. The second kappa shape index (κ2) is 10.2. The van der Waals surface area contributed by atoms with Gasteiger partial charge in [0, 0.05) is 0 Å². The van der Waals surface area contributed by atoms with Gasteiger partial charge in [0.25, 0.3) is 8.32 Å². The fourth-order valence-corrected chi connectivity index (χ4v) is 7.81. The summed E-state index contributed by atoms with van der Waals surface area (Å²) >= 11 is 0. The molecule has 0 N–H and O–H groups in total. The molecular weight excluding hydrogens is 345 g/mol. The van der Waals surface area contributed by atoms with Crippen LogP contribution in [0.1, 0.15) is 59.3 Å². The summed E-state index contributed by atoms with van der Waals surface area (Å²) in [7, 11) is -2.27. The summed E-state index contributed by atoms with van der Waals surface area (Å²) < 4.78 is 45.3. The molecule has 0 aromatic carbocycles. The maximum atomic E-state index is 13.0. The fourth-order valence-electron chi connectivity index (χ4n) is 3.12. The number of rotatable bonds is 11. The molecule has 1 aliphatic rings. The van der Waals surface area contributed by atoms with Gasteiger partial charge in [-0.3, -0.25) is 4.79 Å². The molecule has 0 amide bonds. The topological polar surface area (TPSA) is 26.3 Å². The Bertz CT molecular complexity index is 462. The highest BCUT2D eigenvalue weighted by molar-refractivity contribution is 6.74. The minimum atomic E-state index is -4.38. The Morgan fingerprint density at radius 3 is 1.88 bits per heavy atom. The molecule has 1 aliphatic carbocycles. The lowest BCUT2D eigenvalue weighted by atomic mass is 10.0. The average Bonchev–Trinajstić information content (AvgIpc) is 2.57. The number of carbonyl (C=O) groups excluding carboxylic acids is 1. The van der Waals surface area contributed by atoms with Crippen molar-refractivity contribution in [1.29, 1.82) is 0 Å². The van der Waals surface area contributed by atoms with Crippen LogP contribution in [0.3, 0.4) is 0 Å². The molecule has 0 aromatic rings. The van der Waals surface area contributed by atoms with E-state index in [0.29, 0.717) is 0 Å². The molecule has 25 heavy (non-hydrogen) atoms. The Balaban J connectivity index is 3.06. The van der Waals surface area contributed by atoms with E-state index in [-0.39, 0.29) is 5.76 Å². The number of hydrogen-bond acceptors (Lipinski definition) is 2. The number of carbonyl (C=O) groups is 1. The van der Waals surface area contributed by atoms with E-state index in [4.69, 9.17) is 4.43 Å². The second-order valence-corrected chi connectivity index (χ2v) is 11.0. The van der Waals surface area contributed by atoms with Gasteiger partial charge in [0.1, 0.15) is 5.76 Å². The van der Waals surface area contributed by atoms with Crippen LogP contribution in [0, 0.1) is 5.92 Å². The highest BCUT2D eigenvalue weighted by atomic mass is 28.4. The van der Waals surface area contributed by atoms with Crippen LogP contribution in [0.25, 0.3) is 0 Å².